The number of benzene rings is 3. The third-order valence-electron chi connectivity index (χ3n) is 3.55. The molecular formula is C17H11NO4. The fourth-order valence-electron chi connectivity index (χ4n) is 2.47. The predicted molar refractivity (Wildman–Crippen MR) is 83.1 cm³/mol. The van der Waals surface area contributed by atoms with E-state index < -0.39 is 16.4 Å². The van der Waals surface area contributed by atoms with Crippen LogP contribution in [0.2, 0.25) is 0 Å². The number of carbonyl (C=O) groups excluding carboxylic acids is 1. The van der Waals surface area contributed by atoms with Crippen LogP contribution in [0.5, 0.6) is 5.75 Å². The van der Waals surface area contributed by atoms with Crippen LogP contribution in [0.4, 0.5) is 5.69 Å². The van der Waals surface area contributed by atoms with E-state index >= 15 is 0 Å². The van der Waals surface area contributed by atoms with Crippen LogP contribution in [0.15, 0.2) is 54.6 Å². The summed E-state index contributed by atoms with van der Waals surface area (Å²) in [7, 11) is 0. The molecule has 0 unspecified atom stereocenters. The van der Waals surface area contributed by atoms with E-state index in [-0.39, 0.29) is 10.9 Å². The fraction of sp³-hybridized carbons (Fsp3) is 0. The first-order chi connectivity index (χ1) is 10.6. The summed E-state index contributed by atoms with van der Waals surface area (Å²) in [5.41, 5.74) is 1.43. The van der Waals surface area contributed by atoms with Crippen LogP contribution in [0.1, 0.15) is 10.4 Å². The number of aldehydes is 1. The Morgan fingerprint density at radius 1 is 0.955 bits per heavy atom. The first-order valence-electron chi connectivity index (χ1n) is 6.56. The molecule has 0 saturated heterocycles. The number of carbonyl (C=O) groups is 1. The van der Waals surface area contributed by atoms with E-state index in [2.05, 4.69) is 0 Å². The lowest BCUT2D eigenvalue weighted by Gasteiger charge is -2.08. The van der Waals surface area contributed by atoms with Gasteiger partial charge in [0.1, 0.15) is 0 Å². The molecule has 5 nitrogen and oxygen atoms in total. The van der Waals surface area contributed by atoms with Crippen molar-refractivity contribution in [3.05, 3.63) is 70.3 Å². The molecule has 0 aliphatic carbocycles. The van der Waals surface area contributed by atoms with Crippen LogP contribution in [-0.4, -0.2) is 16.3 Å². The molecule has 3 aromatic rings. The van der Waals surface area contributed by atoms with Crippen molar-refractivity contribution in [2.45, 2.75) is 0 Å². The van der Waals surface area contributed by atoms with Gasteiger partial charge >= 0.3 is 5.69 Å². The van der Waals surface area contributed by atoms with Crippen molar-refractivity contribution < 1.29 is 14.8 Å². The Kier molecular flexibility index (Phi) is 3.31. The highest BCUT2D eigenvalue weighted by Crippen LogP contribution is 2.38. The molecule has 22 heavy (non-hydrogen) atoms. The molecule has 0 saturated carbocycles. The average molecular weight is 293 g/mol. The number of nitrogens with zero attached hydrogens (tertiary/aromatic N) is 1. The second kappa shape index (κ2) is 5.29. The highest BCUT2D eigenvalue weighted by molar-refractivity contribution is 6.04. The van der Waals surface area contributed by atoms with Crippen LogP contribution in [0.3, 0.4) is 0 Å². The molecule has 0 aliphatic rings. The summed E-state index contributed by atoms with van der Waals surface area (Å²) in [5.74, 6) is -0.427. The van der Waals surface area contributed by atoms with Crippen LogP contribution in [-0.2, 0) is 0 Å². The van der Waals surface area contributed by atoms with Crippen molar-refractivity contribution in [2.75, 3.05) is 0 Å². The molecule has 0 amide bonds. The molecule has 1 N–H and O–H groups in total. The summed E-state index contributed by atoms with van der Waals surface area (Å²) in [5, 5.41) is 21.9. The van der Waals surface area contributed by atoms with Gasteiger partial charge in [0.2, 0.25) is 5.75 Å². The molecule has 5 heteroatoms. The van der Waals surface area contributed by atoms with E-state index in [1.807, 2.05) is 36.4 Å². The van der Waals surface area contributed by atoms with E-state index in [0.29, 0.717) is 11.7 Å². The molecule has 0 fully saturated rings. The van der Waals surface area contributed by atoms with Crippen LogP contribution >= 0.6 is 0 Å². The third kappa shape index (κ3) is 2.18. The summed E-state index contributed by atoms with van der Waals surface area (Å²) < 4.78 is 0. The van der Waals surface area contributed by atoms with E-state index in [4.69, 9.17) is 0 Å². The maximum absolute atomic E-state index is 11.2. The zero-order valence-corrected chi connectivity index (χ0v) is 11.4. The molecular weight excluding hydrogens is 282 g/mol. The lowest BCUT2D eigenvalue weighted by atomic mass is 9.97. The number of phenols is 1. The van der Waals surface area contributed by atoms with E-state index in [1.165, 1.54) is 0 Å². The van der Waals surface area contributed by atoms with E-state index in [9.17, 15) is 20.0 Å². The summed E-state index contributed by atoms with van der Waals surface area (Å²) in [6.45, 7) is 0. The maximum Gasteiger partial charge on any atom is 0.312 e. The monoisotopic (exact) mass is 293 g/mol. The first kappa shape index (κ1) is 13.8. The van der Waals surface area contributed by atoms with Gasteiger partial charge in [0.15, 0.2) is 6.29 Å². The number of fused-ring (bicyclic) bond motifs is 1. The van der Waals surface area contributed by atoms with Crippen molar-refractivity contribution in [3.63, 3.8) is 0 Å². The summed E-state index contributed by atoms with van der Waals surface area (Å²) in [6.07, 6.45) is 0.553. The average Bonchev–Trinajstić information content (AvgIpc) is 2.55. The topological polar surface area (TPSA) is 80.4 Å². The van der Waals surface area contributed by atoms with Gasteiger partial charge in [-0.2, -0.15) is 0 Å². The standard InChI is InChI=1S/C17H11NO4/c19-10-13-9-16(18(21)22)17(20)15-8-12(6-7-14(13)15)11-4-2-1-3-5-11/h1-10,20H. The predicted octanol–water partition coefficient (Wildman–Crippen LogP) is 3.93. The van der Waals surface area contributed by atoms with Gasteiger partial charge < -0.3 is 5.11 Å². The zero-order valence-electron chi connectivity index (χ0n) is 11.4. The van der Waals surface area contributed by atoms with Crippen LogP contribution in [0.25, 0.3) is 21.9 Å². The van der Waals surface area contributed by atoms with Crippen molar-refractivity contribution in [1.29, 1.82) is 0 Å². The molecule has 0 aromatic heterocycles. The Bertz CT molecular complexity index is 888. The van der Waals surface area contributed by atoms with Gasteiger partial charge in [-0.05, 0) is 22.6 Å². The van der Waals surface area contributed by atoms with Gasteiger partial charge in [-0.1, -0.05) is 42.5 Å². The number of nitro benzene ring substituents is 1. The Balaban J connectivity index is 2.33. The summed E-state index contributed by atoms with van der Waals surface area (Å²) in [6, 6.07) is 15.7. The second-order valence-corrected chi connectivity index (χ2v) is 4.83. The van der Waals surface area contributed by atoms with Crippen molar-refractivity contribution in [3.8, 4) is 16.9 Å². The van der Waals surface area contributed by atoms with Gasteiger partial charge in [-0.3, -0.25) is 14.9 Å². The van der Waals surface area contributed by atoms with Gasteiger partial charge in [0.25, 0.3) is 0 Å². The highest BCUT2D eigenvalue weighted by atomic mass is 16.6. The summed E-state index contributed by atoms with van der Waals surface area (Å²) in [4.78, 5) is 21.5. The molecule has 0 aliphatic heterocycles. The number of phenolic OH excluding ortho intramolecular Hbond substituents is 1. The normalized spacial score (nSPS) is 10.5. The smallest absolute Gasteiger partial charge is 0.312 e. The minimum atomic E-state index is -0.697. The third-order valence-corrected chi connectivity index (χ3v) is 3.55. The van der Waals surface area contributed by atoms with Crippen molar-refractivity contribution in [2.24, 2.45) is 0 Å². The minimum absolute atomic E-state index is 0.180. The largest absolute Gasteiger partial charge is 0.502 e. The van der Waals surface area contributed by atoms with E-state index in [1.54, 1.807) is 12.1 Å². The zero-order chi connectivity index (χ0) is 15.7. The lowest BCUT2D eigenvalue weighted by molar-refractivity contribution is -0.385. The first-order valence-corrected chi connectivity index (χ1v) is 6.56. The second-order valence-electron chi connectivity index (χ2n) is 4.83. The van der Waals surface area contributed by atoms with Gasteiger partial charge in [-0.25, -0.2) is 0 Å². The van der Waals surface area contributed by atoms with Crippen molar-refractivity contribution in [1.82, 2.24) is 0 Å². The number of hydrogen-bond donors (Lipinski definition) is 1. The Morgan fingerprint density at radius 3 is 2.32 bits per heavy atom. The number of hydrogen-bond acceptors (Lipinski definition) is 4. The SMILES string of the molecule is O=Cc1cc([N+](=O)[O-])c(O)c2cc(-c3ccccc3)ccc12. The van der Waals surface area contributed by atoms with Gasteiger partial charge in [-0.15, -0.1) is 0 Å². The quantitative estimate of drug-likeness (QED) is 0.450. The molecule has 0 atom stereocenters. The lowest BCUT2D eigenvalue weighted by Crippen LogP contribution is -1.93. The number of aromatic hydroxyl groups is 1. The Morgan fingerprint density at radius 2 is 1.68 bits per heavy atom. The van der Waals surface area contributed by atoms with Gasteiger partial charge in [0, 0.05) is 17.0 Å². The maximum atomic E-state index is 11.2. The van der Waals surface area contributed by atoms with Gasteiger partial charge in [0.05, 0.1) is 4.92 Å². The molecule has 3 rings (SSSR count). The minimum Gasteiger partial charge on any atom is -0.502 e. The van der Waals surface area contributed by atoms with Crippen molar-refractivity contribution >= 4 is 22.7 Å². The molecule has 108 valence electrons. The molecule has 3 aromatic carbocycles. The summed E-state index contributed by atoms with van der Waals surface area (Å²) >= 11 is 0. The number of nitro groups is 1. The molecule has 0 heterocycles. The van der Waals surface area contributed by atoms with E-state index in [0.717, 1.165) is 17.2 Å². The molecule has 0 spiro atoms. The Labute approximate surface area is 125 Å². The Hall–Kier alpha value is -3.21. The molecule has 0 radical (unpaired) electrons. The molecule has 0 bridgehead atoms. The number of rotatable bonds is 3. The van der Waals surface area contributed by atoms with Crippen LogP contribution in [0, 0.1) is 10.1 Å². The fourth-order valence-corrected chi connectivity index (χ4v) is 2.47. The highest BCUT2D eigenvalue weighted by Gasteiger charge is 2.19. The van der Waals surface area contributed by atoms with Crippen LogP contribution < -0.4 is 0 Å².